The highest BCUT2D eigenvalue weighted by Gasteiger charge is 2.19. The fourth-order valence-corrected chi connectivity index (χ4v) is 1.02. The van der Waals surface area contributed by atoms with Crippen molar-refractivity contribution in [2.45, 2.75) is 71.6 Å². The summed E-state index contributed by atoms with van der Waals surface area (Å²) in [6, 6.07) is 0. The fourth-order valence-electron chi connectivity index (χ4n) is 1.02. The molecule has 3 heteroatoms. The third kappa shape index (κ3) is 8.17. The van der Waals surface area contributed by atoms with E-state index in [0.29, 0.717) is 6.42 Å². The molecule has 0 rings (SSSR count). The average Bonchev–Trinajstić information content (AvgIpc) is 2.00. The Balaban J connectivity index is 4.00. The van der Waals surface area contributed by atoms with Gasteiger partial charge in [-0.25, -0.2) is 0 Å². The second-order valence-electron chi connectivity index (χ2n) is 5.04. The van der Waals surface area contributed by atoms with E-state index in [1.54, 1.807) is 6.92 Å². The van der Waals surface area contributed by atoms with E-state index < -0.39 is 5.72 Å². The van der Waals surface area contributed by atoms with Gasteiger partial charge in [-0.3, -0.25) is 0 Å². The van der Waals surface area contributed by atoms with Crippen LogP contribution in [0.2, 0.25) is 0 Å². The summed E-state index contributed by atoms with van der Waals surface area (Å²) in [5, 5.41) is 17.9. The molecule has 0 fully saturated rings. The molecule has 0 aromatic carbocycles. The minimum Gasteiger partial charge on any atom is -0.368 e. The van der Waals surface area contributed by atoms with Gasteiger partial charge in [-0.2, -0.15) is 10.2 Å². The van der Waals surface area contributed by atoms with E-state index in [0.717, 1.165) is 19.3 Å². The van der Waals surface area contributed by atoms with Crippen LogP contribution in [-0.2, 0) is 0 Å². The van der Waals surface area contributed by atoms with E-state index >= 15 is 0 Å². The van der Waals surface area contributed by atoms with Crippen LogP contribution in [0, 0.1) is 0 Å². The molecule has 3 nitrogen and oxygen atoms in total. The van der Waals surface area contributed by atoms with Crippen LogP contribution in [0.15, 0.2) is 10.2 Å². The minimum absolute atomic E-state index is 0.200. The Bertz CT molecular complexity index is 180. The quantitative estimate of drug-likeness (QED) is 0.535. The van der Waals surface area contributed by atoms with Gasteiger partial charge in [0.1, 0.15) is 0 Å². The minimum atomic E-state index is -0.984. The van der Waals surface area contributed by atoms with Gasteiger partial charge in [-0.15, -0.1) is 0 Å². The molecule has 0 heterocycles. The molecule has 0 radical (unpaired) electrons. The molecule has 1 atom stereocenters. The van der Waals surface area contributed by atoms with Crippen LogP contribution in [0.5, 0.6) is 0 Å². The number of hydrogen-bond acceptors (Lipinski definition) is 3. The lowest BCUT2D eigenvalue weighted by Gasteiger charge is -2.19. The summed E-state index contributed by atoms with van der Waals surface area (Å²) >= 11 is 0. The Morgan fingerprint density at radius 2 is 1.57 bits per heavy atom. The Hall–Kier alpha value is -0.440. The monoisotopic (exact) mass is 200 g/mol. The molecule has 84 valence electrons. The summed E-state index contributed by atoms with van der Waals surface area (Å²) < 4.78 is 0. The van der Waals surface area contributed by atoms with Crippen molar-refractivity contribution in [2.75, 3.05) is 0 Å². The van der Waals surface area contributed by atoms with Crippen molar-refractivity contribution in [2.24, 2.45) is 10.2 Å². The molecular weight excluding hydrogens is 176 g/mol. The van der Waals surface area contributed by atoms with Gasteiger partial charge >= 0.3 is 0 Å². The molecule has 0 aliphatic rings. The number of hydrogen-bond donors (Lipinski definition) is 1. The summed E-state index contributed by atoms with van der Waals surface area (Å²) in [7, 11) is 0. The summed E-state index contributed by atoms with van der Waals surface area (Å²) in [6.07, 6.45) is 4.00. The molecule has 0 aliphatic heterocycles. The number of rotatable bonds is 5. The molecule has 1 unspecified atom stereocenters. The molecule has 1 N–H and O–H groups in total. The van der Waals surface area contributed by atoms with Crippen molar-refractivity contribution < 1.29 is 5.11 Å². The Labute approximate surface area is 87.6 Å². The summed E-state index contributed by atoms with van der Waals surface area (Å²) in [5.41, 5.74) is -1.18. The molecule has 0 amide bonds. The summed E-state index contributed by atoms with van der Waals surface area (Å²) in [4.78, 5) is 0. The number of aliphatic hydroxyl groups is 1. The number of nitrogens with zero attached hydrogens (tertiary/aromatic N) is 2. The van der Waals surface area contributed by atoms with Gasteiger partial charge in [0.05, 0.1) is 5.54 Å². The second kappa shape index (κ2) is 5.44. The molecule has 0 spiro atoms. The van der Waals surface area contributed by atoms with Crippen LogP contribution in [0.4, 0.5) is 0 Å². The van der Waals surface area contributed by atoms with E-state index in [2.05, 4.69) is 17.2 Å². The molecular formula is C11H24N2O. The maximum Gasteiger partial charge on any atom is 0.173 e. The lowest BCUT2D eigenvalue weighted by Crippen LogP contribution is -2.22. The number of azo groups is 1. The van der Waals surface area contributed by atoms with Crippen LogP contribution in [0.25, 0.3) is 0 Å². The Morgan fingerprint density at radius 1 is 1.00 bits per heavy atom. The van der Waals surface area contributed by atoms with Crippen molar-refractivity contribution in [1.29, 1.82) is 0 Å². The van der Waals surface area contributed by atoms with Crippen molar-refractivity contribution in [3.63, 3.8) is 0 Å². The molecule has 0 saturated heterocycles. The number of unbranched alkanes of at least 4 members (excludes halogenated alkanes) is 2. The van der Waals surface area contributed by atoms with Gasteiger partial charge in [0.15, 0.2) is 5.72 Å². The molecule has 0 bridgehead atoms. The molecule has 14 heavy (non-hydrogen) atoms. The second-order valence-corrected chi connectivity index (χ2v) is 5.04. The van der Waals surface area contributed by atoms with Crippen molar-refractivity contribution >= 4 is 0 Å². The topological polar surface area (TPSA) is 45.0 Å². The predicted molar refractivity (Wildman–Crippen MR) is 59.4 cm³/mol. The molecule has 0 aromatic heterocycles. The van der Waals surface area contributed by atoms with Crippen LogP contribution < -0.4 is 0 Å². The average molecular weight is 200 g/mol. The highest BCUT2D eigenvalue weighted by atomic mass is 16.3. The van der Waals surface area contributed by atoms with Crippen LogP contribution in [-0.4, -0.2) is 16.4 Å². The zero-order valence-electron chi connectivity index (χ0n) is 10.2. The normalized spacial score (nSPS) is 17.3. The molecule has 0 saturated carbocycles. The standard InChI is InChI=1S/C11H24N2O/c1-6-7-8-9-11(5,14)13-12-10(2,3)4/h14H,6-9H2,1-5H3. The lowest BCUT2D eigenvalue weighted by molar-refractivity contribution is 0.0469. The first-order valence-corrected chi connectivity index (χ1v) is 5.43. The summed E-state index contributed by atoms with van der Waals surface area (Å²) in [6.45, 7) is 9.78. The van der Waals surface area contributed by atoms with Crippen LogP contribution in [0.3, 0.4) is 0 Å². The molecule has 0 aliphatic carbocycles. The van der Waals surface area contributed by atoms with E-state index in [-0.39, 0.29) is 5.54 Å². The zero-order chi connectivity index (χ0) is 11.2. The summed E-state index contributed by atoms with van der Waals surface area (Å²) in [5.74, 6) is 0. The van der Waals surface area contributed by atoms with Gasteiger partial charge in [0, 0.05) is 0 Å². The third-order valence-electron chi connectivity index (χ3n) is 1.82. The van der Waals surface area contributed by atoms with Gasteiger partial charge in [0.25, 0.3) is 0 Å². The first-order chi connectivity index (χ1) is 6.27. The maximum absolute atomic E-state index is 9.84. The Morgan fingerprint density at radius 3 is 2.00 bits per heavy atom. The van der Waals surface area contributed by atoms with Gasteiger partial charge in [0.2, 0.25) is 0 Å². The predicted octanol–water partition coefficient (Wildman–Crippen LogP) is 3.53. The van der Waals surface area contributed by atoms with Gasteiger partial charge in [-0.05, 0) is 40.5 Å². The van der Waals surface area contributed by atoms with E-state index in [1.165, 1.54) is 0 Å². The van der Waals surface area contributed by atoms with E-state index in [1.807, 2.05) is 20.8 Å². The highest BCUT2D eigenvalue weighted by Crippen LogP contribution is 2.19. The van der Waals surface area contributed by atoms with E-state index in [4.69, 9.17) is 0 Å². The maximum atomic E-state index is 9.84. The fraction of sp³-hybridized carbons (Fsp3) is 1.00. The largest absolute Gasteiger partial charge is 0.368 e. The van der Waals surface area contributed by atoms with Crippen molar-refractivity contribution in [3.8, 4) is 0 Å². The highest BCUT2D eigenvalue weighted by molar-refractivity contribution is 4.72. The first-order valence-electron chi connectivity index (χ1n) is 5.43. The van der Waals surface area contributed by atoms with Gasteiger partial charge in [-0.1, -0.05) is 19.8 Å². The first kappa shape index (κ1) is 13.6. The molecule has 0 aromatic rings. The third-order valence-corrected chi connectivity index (χ3v) is 1.82. The van der Waals surface area contributed by atoms with Crippen molar-refractivity contribution in [1.82, 2.24) is 0 Å². The van der Waals surface area contributed by atoms with Crippen LogP contribution >= 0.6 is 0 Å². The SMILES string of the molecule is CCCCCC(C)(O)N=NC(C)(C)C. The van der Waals surface area contributed by atoms with E-state index in [9.17, 15) is 5.11 Å². The van der Waals surface area contributed by atoms with Crippen LogP contribution in [0.1, 0.15) is 60.3 Å². The lowest BCUT2D eigenvalue weighted by atomic mass is 10.1. The van der Waals surface area contributed by atoms with Gasteiger partial charge < -0.3 is 5.11 Å². The smallest absolute Gasteiger partial charge is 0.173 e. The van der Waals surface area contributed by atoms with Crippen molar-refractivity contribution in [3.05, 3.63) is 0 Å². The zero-order valence-corrected chi connectivity index (χ0v) is 10.2. The Kier molecular flexibility index (Phi) is 5.27.